The largest absolute Gasteiger partial charge is 0.259 e. The van der Waals surface area contributed by atoms with E-state index in [-0.39, 0.29) is 10.6 Å². The molecule has 0 bridgehead atoms. The first-order chi connectivity index (χ1) is 7.22. The summed E-state index contributed by atoms with van der Waals surface area (Å²) in [6.45, 7) is 7.91. The van der Waals surface area contributed by atoms with Gasteiger partial charge in [-0.2, -0.15) is 0 Å². The molecule has 0 radical (unpaired) electrons. The quantitative estimate of drug-likeness (QED) is 0.285. The predicted octanol–water partition coefficient (Wildman–Crippen LogP) is 4.33. The van der Waals surface area contributed by atoms with E-state index in [9.17, 15) is 10.1 Å². The van der Waals surface area contributed by atoms with Crippen molar-refractivity contribution in [3.05, 3.63) is 34.0 Å². The van der Waals surface area contributed by atoms with E-state index in [4.69, 9.17) is 0 Å². The number of rotatable bonds is 6. The topological polar surface area (TPSA) is 43.1 Å². The monoisotopic (exact) mass is 213 g/mol. The van der Waals surface area contributed by atoms with Crippen LogP contribution in [0.2, 0.25) is 0 Å². The molecule has 0 atom stereocenters. The fraction of sp³-hybridized carbons (Fsp3) is 0.667. The number of nitrogens with zero attached hydrogens (tertiary/aromatic N) is 1. The van der Waals surface area contributed by atoms with E-state index < -0.39 is 0 Å². The highest BCUT2D eigenvalue weighted by molar-refractivity contribution is 5.06. The van der Waals surface area contributed by atoms with Gasteiger partial charge >= 0.3 is 0 Å². The summed E-state index contributed by atoms with van der Waals surface area (Å²) in [5.41, 5.74) is 0.271. The number of hydrogen-bond acceptors (Lipinski definition) is 2. The van der Waals surface area contributed by atoms with Crippen molar-refractivity contribution in [1.29, 1.82) is 0 Å². The highest BCUT2D eigenvalue weighted by Gasteiger charge is 2.03. The zero-order chi connectivity index (χ0) is 12.1. The number of unbranched alkanes of at least 4 members (excludes halogenated alkanes) is 2. The first kappa shape index (κ1) is 16.3. The number of nitro groups is 1. The second-order valence-corrected chi connectivity index (χ2v) is 2.84. The average molecular weight is 213 g/mol. The molecule has 0 aliphatic carbocycles. The molecule has 0 N–H and O–H groups in total. The van der Waals surface area contributed by atoms with Gasteiger partial charge in [-0.1, -0.05) is 52.7 Å². The molecule has 3 nitrogen and oxygen atoms in total. The van der Waals surface area contributed by atoms with E-state index in [0.717, 1.165) is 19.3 Å². The Morgan fingerprint density at radius 1 is 1.33 bits per heavy atom. The van der Waals surface area contributed by atoms with E-state index in [1.165, 1.54) is 0 Å². The highest BCUT2D eigenvalue weighted by Crippen LogP contribution is 2.02. The first-order valence-electron chi connectivity index (χ1n) is 5.72. The van der Waals surface area contributed by atoms with E-state index >= 15 is 0 Å². The summed E-state index contributed by atoms with van der Waals surface area (Å²) < 4.78 is 0. The van der Waals surface area contributed by atoms with Gasteiger partial charge in [0.1, 0.15) is 0 Å². The fourth-order valence-corrected chi connectivity index (χ4v) is 0.905. The van der Waals surface area contributed by atoms with Crippen LogP contribution in [0.3, 0.4) is 0 Å². The molecule has 88 valence electrons. The maximum Gasteiger partial charge on any atom is 0.245 e. The molecule has 0 aromatic rings. The van der Waals surface area contributed by atoms with Crippen molar-refractivity contribution in [2.45, 2.75) is 53.4 Å². The lowest BCUT2D eigenvalue weighted by Gasteiger charge is -1.90. The van der Waals surface area contributed by atoms with Gasteiger partial charge in [-0.25, -0.2) is 0 Å². The molecule has 0 saturated carbocycles. The Balaban J connectivity index is 0. The van der Waals surface area contributed by atoms with Gasteiger partial charge in [0.2, 0.25) is 5.70 Å². The van der Waals surface area contributed by atoms with Gasteiger partial charge in [-0.15, -0.1) is 0 Å². The smallest absolute Gasteiger partial charge is 0.245 e. The van der Waals surface area contributed by atoms with Crippen LogP contribution in [-0.2, 0) is 0 Å². The summed E-state index contributed by atoms with van der Waals surface area (Å²) in [6.07, 6.45) is 9.11. The fourth-order valence-electron chi connectivity index (χ4n) is 0.905. The summed E-state index contributed by atoms with van der Waals surface area (Å²) in [5.74, 6) is 0. The van der Waals surface area contributed by atoms with Crippen LogP contribution in [0, 0.1) is 10.1 Å². The second kappa shape index (κ2) is 12.9. The zero-order valence-electron chi connectivity index (χ0n) is 10.3. The summed E-state index contributed by atoms with van der Waals surface area (Å²) in [5, 5.41) is 10.4. The summed E-state index contributed by atoms with van der Waals surface area (Å²) in [6, 6.07) is 0. The van der Waals surface area contributed by atoms with Crippen molar-refractivity contribution in [2.24, 2.45) is 0 Å². The molecule has 0 unspecified atom stereocenters. The summed E-state index contributed by atoms with van der Waals surface area (Å²) >= 11 is 0. The SMILES string of the molecule is CC.CCCC/C=C\C=C(/CC)[N+](=O)[O-]. The standard InChI is InChI=1S/C10H17NO2.C2H6/c1-3-5-6-7-8-9-10(4-2)11(12)13;1-2/h7-9H,3-6H2,1-2H3;1-2H3/b8-7-,10-9+;. The van der Waals surface area contributed by atoms with E-state index in [1.54, 1.807) is 19.1 Å². The number of hydrogen-bond donors (Lipinski definition) is 0. The summed E-state index contributed by atoms with van der Waals surface area (Å²) in [7, 11) is 0. The van der Waals surface area contributed by atoms with Crippen molar-refractivity contribution >= 4 is 0 Å². The average Bonchev–Trinajstić information content (AvgIpc) is 2.26. The van der Waals surface area contributed by atoms with Gasteiger partial charge in [0, 0.05) is 12.5 Å². The Bertz CT molecular complexity index is 208. The van der Waals surface area contributed by atoms with Gasteiger partial charge < -0.3 is 0 Å². The molecule has 0 aliphatic heterocycles. The number of allylic oxidation sites excluding steroid dienone is 4. The van der Waals surface area contributed by atoms with Crippen LogP contribution in [0.5, 0.6) is 0 Å². The maximum atomic E-state index is 10.4. The minimum absolute atomic E-state index is 0.271. The van der Waals surface area contributed by atoms with Crippen LogP contribution < -0.4 is 0 Å². The van der Waals surface area contributed by atoms with Crippen LogP contribution in [0.4, 0.5) is 0 Å². The van der Waals surface area contributed by atoms with Crippen molar-refractivity contribution in [3.8, 4) is 0 Å². The molecule has 0 fully saturated rings. The Morgan fingerprint density at radius 3 is 2.33 bits per heavy atom. The van der Waals surface area contributed by atoms with E-state index in [1.807, 2.05) is 19.9 Å². The van der Waals surface area contributed by atoms with E-state index in [0.29, 0.717) is 6.42 Å². The lowest BCUT2D eigenvalue weighted by molar-refractivity contribution is -0.427. The van der Waals surface area contributed by atoms with Crippen LogP contribution in [-0.4, -0.2) is 4.92 Å². The molecule has 0 saturated heterocycles. The van der Waals surface area contributed by atoms with Crippen molar-refractivity contribution in [1.82, 2.24) is 0 Å². The highest BCUT2D eigenvalue weighted by atomic mass is 16.6. The molecule has 3 heteroatoms. The van der Waals surface area contributed by atoms with Crippen molar-refractivity contribution in [2.75, 3.05) is 0 Å². The first-order valence-corrected chi connectivity index (χ1v) is 5.72. The van der Waals surface area contributed by atoms with Gasteiger partial charge in [0.15, 0.2) is 0 Å². The minimum Gasteiger partial charge on any atom is -0.259 e. The molecule has 0 spiro atoms. The van der Waals surface area contributed by atoms with Crippen LogP contribution in [0.15, 0.2) is 23.9 Å². The van der Waals surface area contributed by atoms with Gasteiger partial charge in [-0.3, -0.25) is 10.1 Å². The molecular weight excluding hydrogens is 190 g/mol. The third kappa shape index (κ3) is 10.8. The molecule has 0 aromatic carbocycles. The second-order valence-electron chi connectivity index (χ2n) is 2.84. The molecule has 0 aliphatic rings. The third-order valence-electron chi connectivity index (χ3n) is 1.75. The van der Waals surface area contributed by atoms with Crippen LogP contribution in [0.1, 0.15) is 53.4 Å². The Labute approximate surface area is 93.0 Å². The van der Waals surface area contributed by atoms with Crippen molar-refractivity contribution < 1.29 is 4.92 Å². The lowest BCUT2D eigenvalue weighted by Crippen LogP contribution is -1.95. The Kier molecular flexibility index (Phi) is 14.0. The van der Waals surface area contributed by atoms with Gasteiger partial charge in [0.05, 0.1) is 4.92 Å². The predicted molar refractivity (Wildman–Crippen MR) is 65.4 cm³/mol. The van der Waals surface area contributed by atoms with Gasteiger partial charge in [-0.05, 0) is 6.42 Å². The maximum absolute atomic E-state index is 10.4. The lowest BCUT2D eigenvalue weighted by atomic mass is 10.2. The normalized spacial score (nSPS) is 11.1. The Hall–Kier alpha value is -1.12. The minimum atomic E-state index is -0.329. The van der Waals surface area contributed by atoms with Crippen LogP contribution in [0.25, 0.3) is 0 Å². The van der Waals surface area contributed by atoms with Gasteiger partial charge in [0.25, 0.3) is 0 Å². The van der Waals surface area contributed by atoms with E-state index in [2.05, 4.69) is 6.92 Å². The van der Waals surface area contributed by atoms with Crippen molar-refractivity contribution in [3.63, 3.8) is 0 Å². The molecular formula is C12H23NO2. The Morgan fingerprint density at radius 2 is 1.93 bits per heavy atom. The molecule has 15 heavy (non-hydrogen) atoms. The molecule has 0 amide bonds. The molecule has 0 aromatic heterocycles. The van der Waals surface area contributed by atoms with Crippen LogP contribution >= 0.6 is 0 Å². The third-order valence-corrected chi connectivity index (χ3v) is 1.75. The summed E-state index contributed by atoms with van der Waals surface area (Å²) in [4.78, 5) is 10.0. The zero-order valence-corrected chi connectivity index (χ0v) is 10.3. The molecule has 0 heterocycles. The molecule has 0 rings (SSSR count).